The highest BCUT2D eigenvalue weighted by molar-refractivity contribution is 6.15. The summed E-state index contributed by atoms with van der Waals surface area (Å²) in [6.07, 6.45) is 0.0897. The number of nitrogens with one attached hydrogen (secondary N) is 2. The first kappa shape index (κ1) is 24.1. The van der Waals surface area contributed by atoms with E-state index in [9.17, 15) is 34.2 Å². The standard InChI is InChI=1S/C24H18FN5O6/c1-14-2-4-15(5-3-14)13-24(17-6-8-18(25)9-7-17)22(32)27-23(28-24)26-21(31)16-10-19(29(33)34)12-20(11-16)30(35)36/h2-12H,13H2,1H3,(H2,26,27,28,31,32). The van der Waals surface area contributed by atoms with Crippen molar-refractivity contribution in [1.29, 1.82) is 0 Å². The van der Waals surface area contributed by atoms with Crippen molar-refractivity contribution in [2.45, 2.75) is 18.9 Å². The molecule has 0 aromatic heterocycles. The van der Waals surface area contributed by atoms with Gasteiger partial charge in [-0.25, -0.2) is 9.38 Å². The van der Waals surface area contributed by atoms with Crippen LogP contribution in [0.2, 0.25) is 0 Å². The van der Waals surface area contributed by atoms with E-state index in [2.05, 4.69) is 15.6 Å². The number of nitrogens with zero attached hydrogens (tertiary/aromatic N) is 3. The second kappa shape index (κ2) is 9.33. The summed E-state index contributed by atoms with van der Waals surface area (Å²) in [6.45, 7) is 1.91. The molecule has 0 aliphatic carbocycles. The molecule has 2 amide bonds. The van der Waals surface area contributed by atoms with Crippen LogP contribution in [-0.4, -0.2) is 27.6 Å². The fourth-order valence-corrected chi connectivity index (χ4v) is 3.80. The summed E-state index contributed by atoms with van der Waals surface area (Å²) in [5, 5.41) is 27.1. The van der Waals surface area contributed by atoms with E-state index in [1.54, 1.807) is 0 Å². The van der Waals surface area contributed by atoms with Crippen molar-refractivity contribution in [3.05, 3.63) is 115 Å². The Morgan fingerprint density at radius 1 is 1.00 bits per heavy atom. The smallest absolute Gasteiger partial charge is 0.277 e. The van der Waals surface area contributed by atoms with Crippen molar-refractivity contribution in [1.82, 2.24) is 10.6 Å². The molecule has 0 bridgehead atoms. The van der Waals surface area contributed by atoms with Gasteiger partial charge in [-0.05, 0) is 30.2 Å². The highest BCUT2D eigenvalue weighted by Crippen LogP contribution is 2.34. The summed E-state index contributed by atoms with van der Waals surface area (Å²) >= 11 is 0. The van der Waals surface area contributed by atoms with E-state index < -0.39 is 44.4 Å². The Kier molecular flexibility index (Phi) is 6.26. The van der Waals surface area contributed by atoms with Crippen LogP contribution in [0.25, 0.3) is 0 Å². The number of aliphatic imine (C=N–C) groups is 1. The largest absolute Gasteiger partial charge is 0.294 e. The summed E-state index contributed by atoms with van der Waals surface area (Å²) in [5.74, 6) is -2.30. The Hall–Kier alpha value is -5.00. The van der Waals surface area contributed by atoms with Gasteiger partial charge < -0.3 is 0 Å². The summed E-state index contributed by atoms with van der Waals surface area (Å²) in [6, 6.07) is 15.1. The molecule has 1 aliphatic rings. The lowest BCUT2D eigenvalue weighted by atomic mass is 9.84. The summed E-state index contributed by atoms with van der Waals surface area (Å²) < 4.78 is 13.6. The number of nitro benzene ring substituents is 2. The first-order chi connectivity index (χ1) is 17.1. The number of carbonyl (C=O) groups excluding carboxylic acids is 2. The molecule has 1 aliphatic heterocycles. The number of nitro groups is 2. The number of carbonyl (C=O) groups is 2. The van der Waals surface area contributed by atoms with E-state index >= 15 is 0 Å². The van der Waals surface area contributed by atoms with E-state index in [-0.39, 0.29) is 17.9 Å². The summed E-state index contributed by atoms with van der Waals surface area (Å²) in [7, 11) is 0. The predicted molar refractivity (Wildman–Crippen MR) is 126 cm³/mol. The third-order valence-electron chi connectivity index (χ3n) is 5.63. The van der Waals surface area contributed by atoms with E-state index in [0.717, 1.165) is 29.3 Å². The van der Waals surface area contributed by atoms with Gasteiger partial charge >= 0.3 is 0 Å². The third kappa shape index (κ3) is 4.78. The van der Waals surface area contributed by atoms with Crippen molar-refractivity contribution in [3.8, 4) is 0 Å². The van der Waals surface area contributed by atoms with Crippen LogP contribution in [0.3, 0.4) is 0 Å². The maximum atomic E-state index is 13.6. The molecule has 2 N–H and O–H groups in total. The number of halogens is 1. The molecule has 0 saturated carbocycles. The van der Waals surface area contributed by atoms with Gasteiger partial charge in [-0.2, -0.15) is 0 Å². The lowest BCUT2D eigenvalue weighted by molar-refractivity contribution is -0.394. The lowest BCUT2D eigenvalue weighted by Gasteiger charge is -2.24. The van der Waals surface area contributed by atoms with E-state index in [1.165, 1.54) is 24.3 Å². The van der Waals surface area contributed by atoms with E-state index in [1.807, 2.05) is 31.2 Å². The van der Waals surface area contributed by atoms with Gasteiger partial charge in [0.15, 0.2) is 5.54 Å². The number of hydrogen-bond acceptors (Lipinski definition) is 7. The Morgan fingerprint density at radius 3 is 2.14 bits per heavy atom. The van der Waals surface area contributed by atoms with Crippen LogP contribution in [0.5, 0.6) is 0 Å². The Balaban J connectivity index is 1.71. The molecule has 1 unspecified atom stereocenters. The maximum Gasteiger partial charge on any atom is 0.277 e. The molecule has 36 heavy (non-hydrogen) atoms. The van der Waals surface area contributed by atoms with Crippen molar-refractivity contribution in [2.24, 2.45) is 4.99 Å². The molecule has 1 atom stereocenters. The SMILES string of the molecule is Cc1ccc(CC2(c3ccc(F)cc3)N=C(NC(=O)c3cc([N+](=O)[O-])cc([N+](=O)[O-])c3)NC2=O)cc1. The van der Waals surface area contributed by atoms with Crippen molar-refractivity contribution in [2.75, 3.05) is 0 Å². The first-order valence-electron chi connectivity index (χ1n) is 10.6. The molecular weight excluding hydrogens is 473 g/mol. The molecule has 3 aromatic carbocycles. The number of rotatable bonds is 6. The molecule has 4 rings (SSSR count). The van der Waals surface area contributed by atoms with Crippen LogP contribution in [-0.2, 0) is 16.8 Å². The lowest BCUT2D eigenvalue weighted by Crippen LogP contribution is -2.43. The Labute approximate surface area is 203 Å². The van der Waals surface area contributed by atoms with Crippen LogP contribution in [0.15, 0.2) is 71.7 Å². The zero-order chi connectivity index (χ0) is 26.0. The molecule has 1 heterocycles. The second-order valence-corrected chi connectivity index (χ2v) is 8.15. The van der Waals surface area contributed by atoms with Crippen LogP contribution < -0.4 is 10.6 Å². The summed E-state index contributed by atoms with van der Waals surface area (Å²) in [4.78, 5) is 51.0. The van der Waals surface area contributed by atoms with Crippen LogP contribution in [0.1, 0.15) is 27.0 Å². The normalized spacial score (nSPS) is 16.7. The molecule has 12 heteroatoms. The minimum Gasteiger partial charge on any atom is -0.294 e. The van der Waals surface area contributed by atoms with Gasteiger partial charge in [0.2, 0.25) is 5.96 Å². The fourth-order valence-electron chi connectivity index (χ4n) is 3.80. The van der Waals surface area contributed by atoms with Crippen molar-refractivity contribution < 1.29 is 23.8 Å². The zero-order valence-electron chi connectivity index (χ0n) is 18.7. The van der Waals surface area contributed by atoms with Crippen LogP contribution in [0, 0.1) is 33.0 Å². The third-order valence-corrected chi connectivity index (χ3v) is 5.63. The molecule has 0 spiro atoms. The van der Waals surface area contributed by atoms with Gasteiger partial charge in [-0.3, -0.25) is 40.5 Å². The molecular formula is C24H18FN5O6. The first-order valence-corrected chi connectivity index (χ1v) is 10.6. The molecule has 0 fully saturated rings. The van der Waals surface area contributed by atoms with Gasteiger partial charge in [-0.1, -0.05) is 42.0 Å². The highest BCUT2D eigenvalue weighted by atomic mass is 19.1. The predicted octanol–water partition coefficient (Wildman–Crippen LogP) is 3.30. The highest BCUT2D eigenvalue weighted by Gasteiger charge is 2.46. The number of hydrogen-bond donors (Lipinski definition) is 2. The minimum atomic E-state index is -1.54. The molecule has 0 saturated heterocycles. The second-order valence-electron chi connectivity index (χ2n) is 8.15. The minimum absolute atomic E-state index is 0.0897. The number of benzene rings is 3. The van der Waals surface area contributed by atoms with Gasteiger partial charge in [0.1, 0.15) is 5.82 Å². The molecule has 3 aromatic rings. The number of non-ortho nitro benzene ring substituents is 2. The molecule has 182 valence electrons. The topological polar surface area (TPSA) is 157 Å². The Bertz CT molecular complexity index is 1390. The zero-order valence-corrected chi connectivity index (χ0v) is 18.7. The van der Waals surface area contributed by atoms with Gasteiger partial charge in [0, 0.05) is 18.6 Å². The average Bonchev–Trinajstić information content (AvgIpc) is 3.15. The average molecular weight is 491 g/mol. The number of aryl methyl sites for hydroxylation is 1. The fraction of sp³-hybridized carbons (Fsp3) is 0.125. The monoisotopic (exact) mass is 491 g/mol. The van der Waals surface area contributed by atoms with Crippen molar-refractivity contribution >= 4 is 29.1 Å². The van der Waals surface area contributed by atoms with Gasteiger partial charge in [0.25, 0.3) is 23.2 Å². The van der Waals surface area contributed by atoms with E-state index in [0.29, 0.717) is 5.56 Å². The van der Waals surface area contributed by atoms with Gasteiger partial charge in [0.05, 0.1) is 21.5 Å². The van der Waals surface area contributed by atoms with Crippen molar-refractivity contribution in [3.63, 3.8) is 0 Å². The van der Waals surface area contributed by atoms with Crippen LogP contribution >= 0.6 is 0 Å². The van der Waals surface area contributed by atoms with Crippen LogP contribution in [0.4, 0.5) is 15.8 Å². The molecule has 0 radical (unpaired) electrons. The molecule has 11 nitrogen and oxygen atoms in total. The van der Waals surface area contributed by atoms with Gasteiger partial charge in [-0.15, -0.1) is 0 Å². The Morgan fingerprint density at radius 2 is 1.58 bits per heavy atom. The quantitative estimate of drug-likeness (QED) is 0.398. The maximum absolute atomic E-state index is 13.6. The number of guanidine groups is 1. The number of amides is 2. The summed E-state index contributed by atoms with van der Waals surface area (Å²) in [5.41, 5.74) is -1.07. The van der Waals surface area contributed by atoms with E-state index in [4.69, 9.17) is 0 Å².